The van der Waals surface area contributed by atoms with Gasteiger partial charge in [0.1, 0.15) is 10.9 Å². The van der Waals surface area contributed by atoms with Crippen LogP contribution in [0, 0.1) is 11.3 Å². The van der Waals surface area contributed by atoms with Gasteiger partial charge >= 0.3 is 0 Å². The Morgan fingerprint density at radius 3 is 2.73 bits per heavy atom. The highest BCUT2D eigenvalue weighted by Crippen LogP contribution is 2.29. The Bertz CT molecular complexity index is 665. The maximum atomic E-state index is 9.00. The van der Waals surface area contributed by atoms with Gasteiger partial charge in [-0.25, -0.2) is 4.98 Å². The third-order valence-electron chi connectivity index (χ3n) is 3.78. The summed E-state index contributed by atoms with van der Waals surface area (Å²) in [4.78, 5) is 9.53. The highest BCUT2D eigenvalue weighted by Gasteiger charge is 2.19. The van der Waals surface area contributed by atoms with Gasteiger partial charge < -0.3 is 4.90 Å². The Balaban J connectivity index is 1.63. The molecule has 6 heteroatoms. The van der Waals surface area contributed by atoms with E-state index in [-0.39, 0.29) is 0 Å². The fourth-order valence-electron chi connectivity index (χ4n) is 2.66. The second-order valence-electron chi connectivity index (χ2n) is 5.33. The van der Waals surface area contributed by atoms with E-state index in [1.54, 1.807) is 0 Å². The zero-order valence-electron chi connectivity index (χ0n) is 12.2. The number of nitriles is 1. The second kappa shape index (κ2) is 7.10. The molecule has 0 atom stereocenters. The summed E-state index contributed by atoms with van der Waals surface area (Å²) >= 11 is 7.36. The minimum absolute atomic E-state index is 0.327. The Morgan fingerprint density at radius 1 is 1.18 bits per heavy atom. The molecule has 3 rings (SSSR count). The van der Waals surface area contributed by atoms with Gasteiger partial charge in [-0.3, -0.25) is 4.90 Å². The van der Waals surface area contributed by atoms with E-state index in [1.807, 2.05) is 6.07 Å². The first-order valence-corrected chi connectivity index (χ1v) is 8.53. The topological polar surface area (TPSA) is 43.2 Å². The third-order valence-corrected chi connectivity index (χ3v) is 5.19. The number of rotatable bonds is 3. The van der Waals surface area contributed by atoms with Crippen molar-refractivity contribution in [2.75, 3.05) is 31.1 Å². The summed E-state index contributed by atoms with van der Waals surface area (Å²) in [6.07, 6.45) is 1.09. The molecule has 114 valence electrons. The smallest absolute Gasteiger partial charge is 0.188 e. The van der Waals surface area contributed by atoms with Crippen LogP contribution >= 0.6 is 22.9 Å². The summed E-state index contributed by atoms with van der Waals surface area (Å²) in [7, 11) is 0. The maximum Gasteiger partial charge on any atom is 0.188 e. The van der Waals surface area contributed by atoms with Crippen LogP contribution in [0.3, 0.4) is 0 Å². The van der Waals surface area contributed by atoms with Crippen molar-refractivity contribution < 1.29 is 0 Å². The lowest BCUT2D eigenvalue weighted by molar-refractivity contribution is 0.285. The molecule has 1 aromatic heterocycles. The second-order valence-corrected chi connectivity index (χ2v) is 6.67. The third kappa shape index (κ3) is 3.58. The van der Waals surface area contributed by atoms with Crippen molar-refractivity contribution >= 4 is 28.1 Å². The molecule has 0 unspecified atom stereocenters. The van der Waals surface area contributed by atoms with Crippen molar-refractivity contribution in [1.29, 1.82) is 5.26 Å². The van der Waals surface area contributed by atoms with Gasteiger partial charge in [0.2, 0.25) is 0 Å². The molecular weight excluding hydrogens is 316 g/mol. The first kappa shape index (κ1) is 15.3. The predicted molar refractivity (Wildman–Crippen MR) is 90.4 cm³/mol. The zero-order chi connectivity index (χ0) is 15.4. The van der Waals surface area contributed by atoms with E-state index in [9.17, 15) is 0 Å². The fraction of sp³-hybridized carbons (Fsp3) is 0.375. The number of aromatic nitrogens is 1. The molecule has 0 radical (unpaired) electrons. The lowest BCUT2D eigenvalue weighted by Gasteiger charge is -2.21. The van der Waals surface area contributed by atoms with Crippen LogP contribution in [0.4, 0.5) is 5.13 Å². The van der Waals surface area contributed by atoms with E-state index in [2.05, 4.69) is 45.1 Å². The average molecular weight is 333 g/mol. The molecule has 2 aromatic rings. The quantitative estimate of drug-likeness (QED) is 0.864. The van der Waals surface area contributed by atoms with Gasteiger partial charge in [0.15, 0.2) is 10.3 Å². The number of halogens is 1. The molecule has 0 aliphatic carbocycles. The van der Waals surface area contributed by atoms with Crippen molar-refractivity contribution in [2.45, 2.75) is 13.0 Å². The molecule has 0 N–H and O–H groups in total. The average Bonchev–Trinajstić information content (AvgIpc) is 2.76. The van der Waals surface area contributed by atoms with Gasteiger partial charge in [-0.05, 0) is 12.0 Å². The van der Waals surface area contributed by atoms with E-state index in [1.165, 1.54) is 16.9 Å². The Kier molecular flexibility index (Phi) is 4.94. The Labute approximate surface area is 139 Å². The Morgan fingerprint density at radius 2 is 2.00 bits per heavy atom. The standard InChI is InChI=1S/C16H17ClN4S/c17-15-14(11-18)22-16(19-15)21-8-4-7-20(9-10-21)12-13-5-2-1-3-6-13/h1-3,5-6H,4,7-10,12H2. The normalized spacial score (nSPS) is 16.3. The van der Waals surface area contributed by atoms with Crippen LogP contribution in [0.25, 0.3) is 0 Å². The van der Waals surface area contributed by atoms with E-state index >= 15 is 0 Å². The first-order valence-electron chi connectivity index (χ1n) is 7.34. The largest absolute Gasteiger partial charge is 0.347 e. The molecule has 1 aromatic carbocycles. The molecule has 22 heavy (non-hydrogen) atoms. The lowest BCUT2D eigenvalue weighted by atomic mass is 10.2. The summed E-state index contributed by atoms with van der Waals surface area (Å²) < 4.78 is 0. The van der Waals surface area contributed by atoms with E-state index < -0.39 is 0 Å². The van der Waals surface area contributed by atoms with Crippen LogP contribution in [-0.2, 0) is 6.54 Å². The minimum atomic E-state index is 0.327. The summed E-state index contributed by atoms with van der Waals surface area (Å²) in [5.74, 6) is 0. The van der Waals surface area contributed by atoms with Crippen LogP contribution < -0.4 is 4.90 Å². The van der Waals surface area contributed by atoms with Gasteiger partial charge in [0.05, 0.1) is 0 Å². The number of thiazole rings is 1. The number of anilines is 1. The SMILES string of the molecule is N#Cc1sc(N2CCCN(Cc3ccccc3)CC2)nc1Cl. The van der Waals surface area contributed by atoms with Gasteiger partial charge in [-0.1, -0.05) is 53.3 Å². The van der Waals surface area contributed by atoms with E-state index in [4.69, 9.17) is 16.9 Å². The summed E-state index contributed by atoms with van der Waals surface area (Å²) in [6, 6.07) is 12.7. The van der Waals surface area contributed by atoms with Crippen LogP contribution in [0.2, 0.25) is 5.15 Å². The van der Waals surface area contributed by atoms with E-state index in [0.29, 0.717) is 10.0 Å². The molecule has 1 saturated heterocycles. The zero-order valence-corrected chi connectivity index (χ0v) is 13.8. The van der Waals surface area contributed by atoms with Crippen LogP contribution in [0.15, 0.2) is 30.3 Å². The molecule has 1 aliphatic rings. The molecule has 1 aliphatic heterocycles. The monoisotopic (exact) mass is 332 g/mol. The number of benzene rings is 1. The van der Waals surface area contributed by atoms with Crippen LogP contribution in [0.1, 0.15) is 16.9 Å². The highest BCUT2D eigenvalue weighted by atomic mass is 35.5. The van der Waals surface area contributed by atoms with Crippen molar-refractivity contribution in [3.63, 3.8) is 0 Å². The van der Waals surface area contributed by atoms with Crippen LogP contribution in [-0.4, -0.2) is 36.1 Å². The molecule has 0 saturated carbocycles. The molecule has 0 bridgehead atoms. The molecule has 0 spiro atoms. The predicted octanol–water partition coefficient (Wildman–Crippen LogP) is 3.38. The maximum absolute atomic E-state index is 9.00. The van der Waals surface area contributed by atoms with Gasteiger partial charge in [-0.2, -0.15) is 5.26 Å². The van der Waals surface area contributed by atoms with Gasteiger partial charge in [0.25, 0.3) is 0 Å². The summed E-state index contributed by atoms with van der Waals surface area (Å²) in [6.45, 7) is 4.93. The van der Waals surface area contributed by atoms with Crippen molar-refractivity contribution in [2.24, 2.45) is 0 Å². The number of hydrogen-bond acceptors (Lipinski definition) is 5. The lowest BCUT2D eigenvalue weighted by Crippen LogP contribution is -2.30. The van der Waals surface area contributed by atoms with Crippen molar-refractivity contribution in [3.05, 3.63) is 45.9 Å². The number of nitrogens with zero attached hydrogens (tertiary/aromatic N) is 4. The first-order chi connectivity index (χ1) is 10.8. The van der Waals surface area contributed by atoms with Gasteiger partial charge in [-0.15, -0.1) is 0 Å². The summed E-state index contributed by atoms with van der Waals surface area (Å²) in [5.41, 5.74) is 1.35. The molecular formula is C16H17ClN4S. The molecule has 0 amide bonds. The van der Waals surface area contributed by atoms with Crippen molar-refractivity contribution in [1.82, 2.24) is 9.88 Å². The van der Waals surface area contributed by atoms with Crippen molar-refractivity contribution in [3.8, 4) is 6.07 Å². The molecule has 2 heterocycles. The summed E-state index contributed by atoms with van der Waals surface area (Å²) in [5, 5.41) is 10.2. The molecule has 4 nitrogen and oxygen atoms in total. The van der Waals surface area contributed by atoms with Gasteiger partial charge in [0, 0.05) is 32.7 Å². The van der Waals surface area contributed by atoms with Crippen LogP contribution in [0.5, 0.6) is 0 Å². The molecule has 1 fully saturated rings. The van der Waals surface area contributed by atoms with E-state index in [0.717, 1.165) is 44.3 Å². The number of hydrogen-bond donors (Lipinski definition) is 0. The fourth-order valence-corrected chi connectivity index (χ4v) is 3.75. The Hall–Kier alpha value is -1.61. The highest BCUT2D eigenvalue weighted by molar-refractivity contribution is 7.16. The minimum Gasteiger partial charge on any atom is -0.347 e.